The van der Waals surface area contributed by atoms with Gasteiger partial charge in [-0.1, -0.05) is 0 Å². The van der Waals surface area contributed by atoms with Crippen LogP contribution < -0.4 is 5.32 Å². The summed E-state index contributed by atoms with van der Waals surface area (Å²) in [5.41, 5.74) is 0.572. The Kier molecular flexibility index (Phi) is 1.66. The van der Waals surface area contributed by atoms with E-state index in [9.17, 15) is 4.79 Å². The van der Waals surface area contributed by atoms with Crippen LogP contribution in [0.2, 0.25) is 0 Å². The summed E-state index contributed by atoms with van der Waals surface area (Å²) in [4.78, 5) is 10.7. The number of amides is 1. The Morgan fingerprint density at radius 1 is 1.62 bits per heavy atom. The number of aromatic nitrogens is 4. The number of carbonyl (C=O) groups excluding carboxylic acids is 1. The lowest BCUT2D eigenvalue weighted by Crippen LogP contribution is -2.10. The second-order valence-electron chi connectivity index (χ2n) is 2.44. The van der Waals surface area contributed by atoms with Crippen molar-refractivity contribution < 1.29 is 4.79 Å². The lowest BCUT2D eigenvalue weighted by Gasteiger charge is -1.96. The molecule has 65 valence electrons. The fourth-order valence-electron chi connectivity index (χ4n) is 0.933. The van der Waals surface area contributed by atoms with Crippen molar-refractivity contribution in [1.82, 2.24) is 19.8 Å². The highest BCUT2D eigenvalue weighted by Gasteiger charge is 2.05. The molecule has 2 aromatic rings. The number of fused-ring (bicyclic) bond motifs is 1. The molecule has 0 aliphatic heterocycles. The zero-order chi connectivity index (χ0) is 9.26. The molecule has 0 saturated carbocycles. The van der Waals surface area contributed by atoms with Gasteiger partial charge in [0.15, 0.2) is 5.65 Å². The van der Waals surface area contributed by atoms with Crippen molar-refractivity contribution in [3.63, 3.8) is 0 Å². The van der Waals surface area contributed by atoms with Gasteiger partial charge in [-0.15, -0.1) is 10.2 Å². The fourth-order valence-corrected chi connectivity index (χ4v) is 0.933. The van der Waals surface area contributed by atoms with Crippen LogP contribution in [0.3, 0.4) is 0 Å². The Bertz CT molecular complexity index is 449. The first-order valence-electron chi connectivity index (χ1n) is 3.63. The molecule has 0 aliphatic carbocycles. The van der Waals surface area contributed by atoms with E-state index in [0.717, 1.165) is 0 Å². The molecule has 0 spiro atoms. The highest BCUT2D eigenvalue weighted by atomic mass is 16.1. The highest BCUT2D eigenvalue weighted by Crippen LogP contribution is 2.03. The molecule has 1 radical (unpaired) electrons. The number of rotatable bonds is 1. The normalized spacial score (nSPS) is 10.2. The third-order valence-electron chi connectivity index (χ3n) is 1.42. The first-order chi connectivity index (χ1) is 6.27. The molecule has 2 heterocycles. The van der Waals surface area contributed by atoms with Gasteiger partial charge in [-0.25, -0.2) is 0 Å². The lowest BCUT2D eigenvalue weighted by atomic mass is 10.6. The maximum Gasteiger partial charge on any atom is 0.252 e. The summed E-state index contributed by atoms with van der Waals surface area (Å²) in [5, 5.41) is 13.9. The van der Waals surface area contributed by atoms with Crippen molar-refractivity contribution in [3.8, 4) is 0 Å². The van der Waals surface area contributed by atoms with E-state index in [2.05, 4.69) is 26.8 Å². The molecule has 6 heteroatoms. The van der Waals surface area contributed by atoms with E-state index >= 15 is 0 Å². The molecule has 0 atom stereocenters. The van der Waals surface area contributed by atoms with Gasteiger partial charge in [-0.2, -0.15) is 9.61 Å². The van der Waals surface area contributed by atoms with Crippen molar-refractivity contribution in [2.75, 3.05) is 5.32 Å². The van der Waals surface area contributed by atoms with Crippen molar-refractivity contribution in [2.45, 2.75) is 6.92 Å². The van der Waals surface area contributed by atoms with Crippen LogP contribution in [0.15, 0.2) is 12.1 Å². The molecule has 2 aromatic heterocycles. The average Bonchev–Trinajstić information content (AvgIpc) is 2.48. The predicted molar refractivity (Wildman–Crippen MR) is 43.9 cm³/mol. The fraction of sp³-hybridized carbons (Fsp3) is 0.143. The van der Waals surface area contributed by atoms with E-state index in [1.165, 1.54) is 11.4 Å². The molecule has 0 aliphatic rings. The van der Waals surface area contributed by atoms with Crippen molar-refractivity contribution in [3.05, 3.63) is 18.3 Å². The monoisotopic (exact) mass is 176 g/mol. The van der Waals surface area contributed by atoms with Crippen LogP contribution in [-0.2, 0) is 4.79 Å². The van der Waals surface area contributed by atoms with Crippen molar-refractivity contribution in [2.24, 2.45) is 0 Å². The van der Waals surface area contributed by atoms with Crippen LogP contribution in [0, 0.1) is 6.20 Å². The molecule has 0 bridgehead atoms. The van der Waals surface area contributed by atoms with Gasteiger partial charge < -0.3 is 0 Å². The summed E-state index contributed by atoms with van der Waals surface area (Å²) in [6, 6.07) is 3.33. The Balaban J connectivity index is 2.51. The number of anilines is 1. The van der Waals surface area contributed by atoms with E-state index in [-0.39, 0.29) is 5.91 Å². The quantitative estimate of drug-likeness (QED) is 0.657. The maximum atomic E-state index is 10.7. The van der Waals surface area contributed by atoms with E-state index in [1.54, 1.807) is 12.1 Å². The lowest BCUT2D eigenvalue weighted by molar-refractivity contribution is -0.114. The molecular formula is C7H6N5O. The van der Waals surface area contributed by atoms with Crippen molar-refractivity contribution in [1.29, 1.82) is 0 Å². The maximum absolute atomic E-state index is 10.7. The predicted octanol–water partition coefficient (Wildman–Crippen LogP) is -0.117. The third kappa shape index (κ3) is 1.33. The van der Waals surface area contributed by atoms with E-state index in [1.807, 2.05) is 0 Å². The minimum atomic E-state index is -0.208. The van der Waals surface area contributed by atoms with Gasteiger partial charge in [0.05, 0.1) is 0 Å². The molecule has 1 amide bonds. The Morgan fingerprint density at radius 2 is 2.46 bits per heavy atom. The third-order valence-corrected chi connectivity index (χ3v) is 1.42. The first kappa shape index (κ1) is 7.66. The molecule has 0 saturated heterocycles. The van der Waals surface area contributed by atoms with Crippen LogP contribution in [0.4, 0.5) is 5.95 Å². The first-order valence-corrected chi connectivity index (χ1v) is 3.63. The number of nitrogens with one attached hydrogen (secondary N) is 1. The molecule has 2 rings (SSSR count). The summed E-state index contributed by atoms with van der Waals surface area (Å²) < 4.78 is 1.40. The van der Waals surface area contributed by atoms with Gasteiger partial charge in [0, 0.05) is 6.92 Å². The van der Waals surface area contributed by atoms with E-state index in [0.29, 0.717) is 11.6 Å². The SMILES string of the molecule is CC(=O)Nc1nnc2cc[c]nn12. The Hall–Kier alpha value is -1.98. The highest BCUT2D eigenvalue weighted by molar-refractivity contribution is 5.86. The summed E-state index contributed by atoms with van der Waals surface area (Å²) >= 11 is 0. The molecule has 13 heavy (non-hydrogen) atoms. The smallest absolute Gasteiger partial charge is 0.252 e. The summed E-state index contributed by atoms with van der Waals surface area (Å²) in [7, 11) is 0. The van der Waals surface area contributed by atoms with Crippen LogP contribution in [-0.4, -0.2) is 25.7 Å². The van der Waals surface area contributed by atoms with Gasteiger partial charge in [-0.05, 0) is 12.1 Å². The summed E-state index contributed by atoms with van der Waals surface area (Å²) in [6.07, 6.45) is 2.62. The van der Waals surface area contributed by atoms with Gasteiger partial charge in [0.1, 0.15) is 6.20 Å². The summed E-state index contributed by atoms with van der Waals surface area (Å²) in [6.45, 7) is 1.40. The molecule has 0 unspecified atom stereocenters. The minimum absolute atomic E-state index is 0.208. The van der Waals surface area contributed by atoms with Crippen LogP contribution in [0.1, 0.15) is 6.92 Å². The van der Waals surface area contributed by atoms with Gasteiger partial charge in [-0.3, -0.25) is 10.1 Å². The standard InChI is InChI=1S/C7H6N5O/c1-5(13)9-7-11-10-6-3-2-4-8-12(6)7/h2-3H,1H3,(H,9,11,13). The second-order valence-corrected chi connectivity index (χ2v) is 2.44. The Morgan fingerprint density at radius 3 is 3.23 bits per heavy atom. The van der Waals surface area contributed by atoms with Crippen LogP contribution in [0.5, 0.6) is 0 Å². The molecule has 6 nitrogen and oxygen atoms in total. The second kappa shape index (κ2) is 2.81. The number of hydrogen-bond donors (Lipinski definition) is 1. The molecular weight excluding hydrogens is 170 g/mol. The van der Waals surface area contributed by atoms with Crippen LogP contribution >= 0.6 is 0 Å². The van der Waals surface area contributed by atoms with Gasteiger partial charge in [0.2, 0.25) is 5.91 Å². The largest absolute Gasteiger partial charge is 0.293 e. The number of carbonyl (C=O) groups is 1. The van der Waals surface area contributed by atoms with Gasteiger partial charge in [0.25, 0.3) is 5.95 Å². The van der Waals surface area contributed by atoms with Crippen molar-refractivity contribution >= 4 is 17.5 Å². The zero-order valence-electron chi connectivity index (χ0n) is 6.85. The Labute approximate surface area is 73.6 Å². The van der Waals surface area contributed by atoms with E-state index in [4.69, 9.17) is 0 Å². The number of nitrogens with zero attached hydrogens (tertiary/aromatic N) is 4. The van der Waals surface area contributed by atoms with Gasteiger partial charge >= 0.3 is 0 Å². The zero-order valence-corrected chi connectivity index (χ0v) is 6.85. The molecule has 0 fully saturated rings. The molecule has 1 N–H and O–H groups in total. The molecule has 0 aromatic carbocycles. The van der Waals surface area contributed by atoms with E-state index < -0.39 is 0 Å². The number of hydrogen-bond acceptors (Lipinski definition) is 4. The minimum Gasteiger partial charge on any atom is -0.293 e. The summed E-state index contributed by atoms with van der Waals surface area (Å²) in [5.74, 6) is 0.0966. The topological polar surface area (TPSA) is 72.2 Å². The van der Waals surface area contributed by atoms with Crippen LogP contribution in [0.25, 0.3) is 5.65 Å². The average molecular weight is 176 g/mol.